The van der Waals surface area contributed by atoms with E-state index >= 15 is 0 Å². The summed E-state index contributed by atoms with van der Waals surface area (Å²) >= 11 is 0. The van der Waals surface area contributed by atoms with Crippen LogP contribution in [-0.2, 0) is 11.8 Å². The minimum atomic E-state index is 0.0524. The predicted octanol–water partition coefficient (Wildman–Crippen LogP) is 2.91. The standard InChI is InChI=1S/C20H23N5O/c1-13(2)25-11-18(12-25)20(26)23-19-7-16-6-14(4-5-15(16)8-21-19)17-9-22-24(3)10-17/h4-10,13,18H,11-12H2,1-3H3,(H,21,23,26). The van der Waals surface area contributed by atoms with Crippen LogP contribution in [0.3, 0.4) is 0 Å². The van der Waals surface area contributed by atoms with Gasteiger partial charge in [0.2, 0.25) is 5.91 Å². The van der Waals surface area contributed by atoms with E-state index in [9.17, 15) is 4.79 Å². The van der Waals surface area contributed by atoms with Crippen molar-refractivity contribution in [2.45, 2.75) is 19.9 Å². The average molecular weight is 349 g/mol. The van der Waals surface area contributed by atoms with Gasteiger partial charge in [0.25, 0.3) is 0 Å². The zero-order valence-electron chi connectivity index (χ0n) is 15.3. The molecule has 2 aromatic heterocycles. The molecule has 1 amide bonds. The average Bonchev–Trinajstić information content (AvgIpc) is 2.99. The monoisotopic (exact) mass is 349 g/mol. The predicted molar refractivity (Wildman–Crippen MR) is 103 cm³/mol. The highest BCUT2D eigenvalue weighted by Gasteiger charge is 2.33. The molecule has 0 unspecified atom stereocenters. The summed E-state index contributed by atoms with van der Waals surface area (Å²) in [6, 6.07) is 8.64. The van der Waals surface area contributed by atoms with Crippen molar-refractivity contribution >= 4 is 22.5 Å². The van der Waals surface area contributed by atoms with Crippen LogP contribution in [0, 0.1) is 5.92 Å². The smallest absolute Gasteiger partial charge is 0.231 e. The fraction of sp³-hybridized carbons (Fsp3) is 0.350. The van der Waals surface area contributed by atoms with Crippen LogP contribution in [0.4, 0.5) is 5.82 Å². The minimum Gasteiger partial charge on any atom is -0.310 e. The van der Waals surface area contributed by atoms with E-state index in [1.165, 1.54) is 0 Å². The highest BCUT2D eigenvalue weighted by Crippen LogP contribution is 2.26. The lowest BCUT2D eigenvalue weighted by molar-refractivity contribution is -0.125. The summed E-state index contributed by atoms with van der Waals surface area (Å²) in [4.78, 5) is 19.1. The van der Waals surface area contributed by atoms with Gasteiger partial charge in [0.1, 0.15) is 5.82 Å². The minimum absolute atomic E-state index is 0.0524. The molecule has 3 heterocycles. The summed E-state index contributed by atoms with van der Waals surface area (Å²) in [5, 5.41) is 9.29. The summed E-state index contributed by atoms with van der Waals surface area (Å²) in [6.07, 6.45) is 5.64. The van der Waals surface area contributed by atoms with E-state index in [2.05, 4.69) is 46.3 Å². The number of aryl methyl sites for hydroxylation is 1. The maximum absolute atomic E-state index is 12.4. The number of benzene rings is 1. The van der Waals surface area contributed by atoms with E-state index < -0.39 is 0 Å². The summed E-state index contributed by atoms with van der Waals surface area (Å²) in [7, 11) is 1.91. The van der Waals surface area contributed by atoms with Gasteiger partial charge in [0, 0.05) is 49.5 Å². The van der Waals surface area contributed by atoms with Crippen molar-refractivity contribution in [3.8, 4) is 11.1 Å². The van der Waals surface area contributed by atoms with E-state index in [-0.39, 0.29) is 11.8 Å². The van der Waals surface area contributed by atoms with Crippen molar-refractivity contribution in [2.24, 2.45) is 13.0 Å². The Bertz CT molecular complexity index is 956. The molecule has 1 fully saturated rings. The lowest BCUT2D eigenvalue weighted by atomic mass is 9.97. The third-order valence-electron chi connectivity index (χ3n) is 5.02. The summed E-state index contributed by atoms with van der Waals surface area (Å²) < 4.78 is 1.79. The molecular weight excluding hydrogens is 326 g/mol. The fourth-order valence-corrected chi connectivity index (χ4v) is 3.29. The molecular formula is C20H23N5O. The van der Waals surface area contributed by atoms with Gasteiger partial charge >= 0.3 is 0 Å². The Morgan fingerprint density at radius 1 is 1.15 bits per heavy atom. The number of anilines is 1. The van der Waals surface area contributed by atoms with Crippen molar-refractivity contribution in [3.05, 3.63) is 42.9 Å². The van der Waals surface area contributed by atoms with Crippen LogP contribution < -0.4 is 5.32 Å². The van der Waals surface area contributed by atoms with Gasteiger partial charge < -0.3 is 5.32 Å². The number of fused-ring (bicyclic) bond motifs is 1. The molecule has 0 bridgehead atoms. The van der Waals surface area contributed by atoms with Crippen LogP contribution >= 0.6 is 0 Å². The van der Waals surface area contributed by atoms with E-state index in [1.807, 2.05) is 31.6 Å². The molecule has 3 aromatic rings. The first-order valence-corrected chi connectivity index (χ1v) is 8.93. The quantitative estimate of drug-likeness (QED) is 0.787. The maximum atomic E-state index is 12.4. The van der Waals surface area contributed by atoms with E-state index in [0.717, 1.165) is 35.0 Å². The van der Waals surface area contributed by atoms with Crippen LogP contribution in [0.5, 0.6) is 0 Å². The molecule has 0 spiro atoms. The van der Waals surface area contributed by atoms with Crippen LogP contribution in [0.15, 0.2) is 42.9 Å². The Morgan fingerprint density at radius 2 is 1.96 bits per heavy atom. The van der Waals surface area contributed by atoms with E-state index in [1.54, 1.807) is 10.9 Å². The van der Waals surface area contributed by atoms with Crippen LogP contribution in [0.1, 0.15) is 13.8 Å². The number of carbonyl (C=O) groups excluding carboxylic acids is 1. The van der Waals surface area contributed by atoms with Crippen LogP contribution in [0.25, 0.3) is 21.9 Å². The second-order valence-electron chi connectivity index (χ2n) is 7.27. The largest absolute Gasteiger partial charge is 0.310 e. The molecule has 1 N–H and O–H groups in total. The first kappa shape index (κ1) is 16.7. The normalized spacial score (nSPS) is 15.4. The molecule has 0 atom stereocenters. The maximum Gasteiger partial charge on any atom is 0.231 e. The Labute approximate surface area is 152 Å². The Balaban J connectivity index is 1.52. The molecule has 0 saturated carbocycles. The number of amides is 1. The van der Waals surface area contributed by atoms with Crippen molar-refractivity contribution in [3.63, 3.8) is 0 Å². The lowest BCUT2D eigenvalue weighted by Gasteiger charge is -2.40. The third kappa shape index (κ3) is 3.20. The van der Waals surface area contributed by atoms with E-state index in [4.69, 9.17) is 0 Å². The van der Waals surface area contributed by atoms with Crippen LogP contribution in [-0.4, -0.2) is 44.7 Å². The summed E-state index contributed by atoms with van der Waals surface area (Å²) in [5.74, 6) is 0.711. The van der Waals surface area contributed by atoms with Gasteiger partial charge in [-0.05, 0) is 36.9 Å². The number of hydrogen-bond acceptors (Lipinski definition) is 4. The fourth-order valence-electron chi connectivity index (χ4n) is 3.29. The summed E-state index contributed by atoms with van der Waals surface area (Å²) in [5.41, 5.74) is 2.17. The number of hydrogen-bond donors (Lipinski definition) is 1. The first-order valence-electron chi connectivity index (χ1n) is 8.93. The molecule has 1 aliphatic rings. The topological polar surface area (TPSA) is 63.1 Å². The van der Waals surface area contributed by atoms with Gasteiger partial charge in [0.15, 0.2) is 0 Å². The van der Waals surface area contributed by atoms with Crippen molar-refractivity contribution in [2.75, 3.05) is 18.4 Å². The molecule has 0 aliphatic carbocycles. The first-order chi connectivity index (χ1) is 12.5. The number of pyridine rings is 1. The SMILES string of the molecule is CC(C)N1CC(C(=O)Nc2cc3cc(-c4cnn(C)c4)ccc3cn2)C1. The Hall–Kier alpha value is -2.73. The summed E-state index contributed by atoms with van der Waals surface area (Å²) in [6.45, 7) is 5.95. The highest BCUT2D eigenvalue weighted by molar-refractivity contribution is 5.95. The van der Waals surface area contributed by atoms with Gasteiger partial charge in [-0.2, -0.15) is 5.10 Å². The molecule has 0 radical (unpaired) electrons. The molecule has 6 heteroatoms. The molecule has 6 nitrogen and oxygen atoms in total. The number of nitrogens with one attached hydrogen (secondary N) is 1. The molecule has 1 aliphatic heterocycles. The van der Waals surface area contributed by atoms with Gasteiger partial charge in [-0.25, -0.2) is 4.98 Å². The number of rotatable bonds is 4. The molecule has 1 saturated heterocycles. The number of carbonyl (C=O) groups is 1. The molecule has 26 heavy (non-hydrogen) atoms. The second kappa shape index (κ2) is 6.53. The third-order valence-corrected chi connectivity index (χ3v) is 5.02. The number of nitrogens with zero attached hydrogens (tertiary/aromatic N) is 4. The van der Waals surface area contributed by atoms with Gasteiger partial charge in [-0.3, -0.25) is 14.4 Å². The molecule has 4 rings (SSSR count). The Kier molecular flexibility index (Phi) is 4.20. The Morgan fingerprint density at radius 3 is 2.65 bits per heavy atom. The zero-order valence-corrected chi connectivity index (χ0v) is 15.3. The second-order valence-corrected chi connectivity index (χ2v) is 7.27. The van der Waals surface area contributed by atoms with Gasteiger partial charge in [-0.15, -0.1) is 0 Å². The van der Waals surface area contributed by atoms with Crippen molar-refractivity contribution in [1.29, 1.82) is 0 Å². The number of aromatic nitrogens is 3. The van der Waals surface area contributed by atoms with E-state index in [0.29, 0.717) is 11.9 Å². The van der Waals surface area contributed by atoms with Gasteiger partial charge in [-0.1, -0.05) is 12.1 Å². The molecule has 1 aromatic carbocycles. The zero-order chi connectivity index (χ0) is 18.3. The van der Waals surface area contributed by atoms with Crippen LogP contribution in [0.2, 0.25) is 0 Å². The molecule has 134 valence electrons. The van der Waals surface area contributed by atoms with Crippen molar-refractivity contribution in [1.82, 2.24) is 19.7 Å². The lowest BCUT2D eigenvalue weighted by Crippen LogP contribution is -2.54. The number of likely N-dealkylation sites (tertiary alicyclic amines) is 1. The van der Waals surface area contributed by atoms with Crippen molar-refractivity contribution < 1.29 is 4.79 Å². The highest BCUT2D eigenvalue weighted by atomic mass is 16.2. The van der Waals surface area contributed by atoms with Gasteiger partial charge in [0.05, 0.1) is 12.1 Å².